The fourth-order valence-corrected chi connectivity index (χ4v) is 1.87. The van der Waals surface area contributed by atoms with Gasteiger partial charge in [0.25, 0.3) is 0 Å². The molecule has 0 fully saturated rings. The van der Waals surface area contributed by atoms with Crippen molar-refractivity contribution in [2.45, 2.75) is 26.4 Å². The van der Waals surface area contributed by atoms with Crippen molar-refractivity contribution in [1.82, 2.24) is 10.3 Å². The van der Waals surface area contributed by atoms with Crippen LogP contribution in [0.5, 0.6) is 0 Å². The van der Waals surface area contributed by atoms with Crippen LogP contribution >= 0.6 is 11.6 Å². The Labute approximate surface area is 94.6 Å². The van der Waals surface area contributed by atoms with Gasteiger partial charge in [0.1, 0.15) is 0 Å². The summed E-state index contributed by atoms with van der Waals surface area (Å²) >= 11 is 6.27. The topological polar surface area (TPSA) is 27.8 Å². The first-order valence-corrected chi connectivity index (χ1v) is 5.54. The molecule has 0 atom stereocenters. The van der Waals surface area contributed by atoms with E-state index in [0.29, 0.717) is 6.04 Å². The molecule has 1 aromatic carbocycles. The summed E-state index contributed by atoms with van der Waals surface area (Å²) in [5.74, 6) is 0. The third-order valence-corrected chi connectivity index (χ3v) is 2.83. The van der Waals surface area contributed by atoms with Crippen LogP contribution in [-0.4, -0.2) is 11.0 Å². The molecule has 15 heavy (non-hydrogen) atoms. The third kappa shape index (κ3) is 2.16. The molecule has 0 saturated carbocycles. The van der Waals surface area contributed by atoms with E-state index in [1.54, 1.807) is 0 Å². The van der Waals surface area contributed by atoms with Crippen molar-refractivity contribution in [2.24, 2.45) is 0 Å². The summed E-state index contributed by atoms with van der Waals surface area (Å²) in [5.41, 5.74) is 2.16. The molecule has 0 aliphatic heterocycles. The van der Waals surface area contributed by atoms with Crippen molar-refractivity contribution < 1.29 is 0 Å². The van der Waals surface area contributed by atoms with E-state index in [1.165, 1.54) is 0 Å². The van der Waals surface area contributed by atoms with Gasteiger partial charge in [0.2, 0.25) is 0 Å². The maximum absolute atomic E-state index is 6.27. The second-order valence-corrected chi connectivity index (χ2v) is 4.38. The zero-order chi connectivity index (χ0) is 10.8. The molecule has 80 valence electrons. The molecular formula is C12H15ClN2. The van der Waals surface area contributed by atoms with Crippen LogP contribution in [0.1, 0.15) is 19.5 Å². The van der Waals surface area contributed by atoms with Gasteiger partial charge in [-0.1, -0.05) is 43.6 Å². The molecule has 0 aliphatic rings. The predicted octanol–water partition coefficient (Wildman–Crippen LogP) is 3.32. The number of aromatic amines is 1. The van der Waals surface area contributed by atoms with E-state index >= 15 is 0 Å². The summed E-state index contributed by atoms with van der Waals surface area (Å²) in [7, 11) is 0. The van der Waals surface area contributed by atoms with Gasteiger partial charge >= 0.3 is 0 Å². The Morgan fingerprint density at radius 1 is 1.33 bits per heavy atom. The quantitative estimate of drug-likeness (QED) is 0.819. The van der Waals surface area contributed by atoms with Crippen LogP contribution < -0.4 is 5.32 Å². The van der Waals surface area contributed by atoms with Crippen LogP contribution in [0.25, 0.3) is 10.9 Å². The number of nitrogens with one attached hydrogen (secondary N) is 2. The van der Waals surface area contributed by atoms with Crippen molar-refractivity contribution in [3.63, 3.8) is 0 Å². The van der Waals surface area contributed by atoms with Crippen LogP contribution in [0.2, 0.25) is 5.02 Å². The smallest absolute Gasteiger partial charge is 0.0705 e. The average molecular weight is 223 g/mol. The highest BCUT2D eigenvalue weighted by atomic mass is 35.5. The molecule has 3 heteroatoms. The Bertz CT molecular complexity index is 460. The Morgan fingerprint density at radius 3 is 2.73 bits per heavy atom. The second-order valence-electron chi connectivity index (χ2n) is 4.00. The Morgan fingerprint density at radius 2 is 2.07 bits per heavy atom. The molecule has 1 heterocycles. The zero-order valence-corrected chi connectivity index (χ0v) is 9.73. The fourth-order valence-electron chi connectivity index (χ4n) is 1.59. The van der Waals surface area contributed by atoms with Gasteiger partial charge in [0, 0.05) is 29.2 Å². The molecule has 0 aliphatic carbocycles. The maximum atomic E-state index is 6.27. The summed E-state index contributed by atoms with van der Waals surface area (Å²) in [6.07, 6.45) is 0. The molecular weight excluding hydrogens is 208 g/mol. The Balaban J connectivity index is 2.32. The van der Waals surface area contributed by atoms with E-state index in [1.807, 2.05) is 24.3 Å². The van der Waals surface area contributed by atoms with Crippen LogP contribution in [-0.2, 0) is 6.54 Å². The molecule has 0 amide bonds. The van der Waals surface area contributed by atoms with Crippen molar-refractivity contribution in [1.29, 1.82) is 0 Å². The number of H-pyrrole nitrogens is 1. The first-order chi connectivity index (χ1) is 7.18. The maximum Gasteiger partial charge on any atom is 0.0705 e. The molecule has 0 unspecified atom stereocenters. The zero-order valence-electron chi connectivity index (χ0n) is 8.97. The van der Waals surface area contributed by atoms with Gasteiger partial charge in [-0.05, 0) is 6.07 Å². The highest BCUT2D eigenvalue weighted by molar-refractivity contribution is 6.36. The monoisotopic (exact) mass is 222 g/mol. The molecule has 1 aromatic heterocycles. The lowest BCUT2D eigenvalue weighted by Gasteiger charge is -2.06. The lowest BCUT2D eigenvalue weighted by atomic mass is 10.2. The van der Waals surface area contributed by atoms with Gasteiger partial charge in [-0.2, -0.15) is 0 Å². The van der Waals surface area contributed by atoms with Crippen LogP contribution in [0.15, 0.2) is 24.3 Å². The molecule has 0 bridgehead atoms. The number of para-hydroxylation sites is 1. The lowest BCUT2D eigenvalue weighted by Crippen LogP contribution is -2.22. The number of hydrogen-bond acceptors (Lipinski definition) is 1. The van der Waals surface area contributed by atoms with E-state index in [0.717, 1.165) is 28.2 Å². The number of hydrogen-bond donors (Lipinski definition) is 2. The summed E-state index contributed by atoms with van der Waals surface area (Å²) in [6, 6.07) is 8.55. The molecule has 2 nitrogen and oxygen atoms in total. The number of benzene rings is 1. The van der Waals surface area contributed by atoms with E-state index in [-0.39, 0.29) is 0 Å². The van der Waals surface area contributed by atoms with Crippen LogP contribution in [0, 0.1) is 0 Å². The Hall–Kier alpha value is -0.990. The summed E-state index contributed by atoms with van der Waals surface area (Å²) < 4.78 is 0. The van der Waals surface area contributed by atoms with E-state index < -0.39 is 0 Å². The van der Waals surface area contributed by atoms with Crippen molar-refractivity contribution >= 4 is 22.5 Å². The van der Waals surface area contributed by atoms with Gasteiger partial charge in [-0.15, -0.1) is 0 Å². The highest BCUT2D eigenvalue weighted by Crippen LogP contribution is 2.26. The second kappa shape index (κ2) is 4.25. The first-order valence-electron chi connectivity index (χ1n) is 5.17. The fraction of sp³-hybridized carbons (Fsp3) is 0.333. The molecule has 2 N–H and O–H groups in total. The minimum absolute atomic E-state index is 0.465. The highest BCUT2D eigenvalue weighted by Gasteiger charge is 2.08. The van der Waals surface area contributed by atoms with Crippen molar-refractivity contribution in [3.8, 4) is 0 Å². The van der Waals surface area contributed by atoms with Crippen LogP contribution in [0.3, 0.4) is 0 Å². The molecule has 2 aromatic rings. The van der Waals surface area contributed by atoms with Gasteiger partial charge in [-0.3, -0.25) is 0 Å². The largest absolute Gasteiger partial charge is 0.356 e. The van der Waals surface area contributed by atoms with Gasteiger partial charge < -0.3 is 10.3 Å². The number of fused-ring (bicyclic) bond motifs is 1. The van der Waals surface area contributed by atoms with Gasteiger partial charge in [0.05, 0.1) is 5.02 Å². The molecule has 0 spiro atoms. The SMILES string of the molecule is CC(C)NCc1[nH]c2ccccc2c1Cl. The normalized spacial score (nSPS) is 11.5. The van der Waals surface area contributed by atoms with E-state index in [4.69, 9.17) is 11.6 Å². The standard InChI is InChI=1S/C12H15ClN2/c1-8(2)14-7-11-12(13)9-5-3-4-6-10(9)15-11/h3-6,8,14-15H,7H2,1-2H3. The van der Waals surface area contributed by atoms with Gasteiger partial charge in [-0.25, -0.2) is 0 Å². The minimum atomic E-state index is 0.465. The number of aromatic nitrogens is 1. The number of rotatable bonds is 3. The van der Waals surface area contributed by atoms with E-state index in [2.05, 4.69) is 24.1 Å². The average Bonchev–Trinajstić information content (AvgIpc) is 2.54. The first kappa shape index (κ1) is 10.5. The van der Waals surface area contributed by atoms with Crippen molar-refractivity contribution in [2.75, 3.05) is 0 Å². The molecule has 2 rings (SSSR count). The minimum Gasteiger partial charge on any atom is -0.356 e. The predicted molar refractivity (Wildman–Crippen MR) is 65.3 cm³/mol. The lowest BCUT2D eigenvalue weighted by molar-refractivity contribution is 0.583. The summed E-state index contributed by atoms with van der Waals surface area (Å²) in [4.78, 5) is 3.32. The van der Waals surface area contributed by atoms with E-state index in [9.17, 15) is 0 Å². The Kier molecular flexibility index (Phi) is 2.98. The summed E-state index contributed by atoms with van der Waals surface area (Å²) in [5, 5.41) is 5.28. The van der Waals surface area contributed by atoms with Crippen molar-refractivity contribution in [3.05, 3.63) is 35.0 Å². The summed E-state index contributed by atoms with van der Waals surface area (Å²) in [6.45, 7) is 5.03. The third-order valence-electron chi connectivity index (χ3n) is 2.40. The molecule has 0 radical (unpaired) electrons. The molecule has 0 saturated heterocycles. The van der Waals surface area contributed by atoms with Gasteiger partial charge in [0.15, 0.2) is 0 Å². The number of halogens is 1. The van der Waals surface area contributed by atoms with Crippen LogP contribution in [0.4, 0.5) is 0 Å².